The summed E-state index contributed by atoms with van der Waals surface area (Å²) >= 11 is 0. The summed E-state index contributed by atoms with van der Waals surface area (Å²) in [5.41, 5.74) is 1.67. The molecule has 1 atom stereocenters. The Hall–Kier alpha value is -3.86. The number of fused-ring (bicyclic) bond motifs is 1. The predicted octanol–water partition coefficient (Wildman–Crippen LogP) is 2.43. The minimum atomic E-state index is -1.06. The molecular weight excluding hydrogens is 362 g/mol. The third-order valence-corrected chi connectivity index (χ3v) is 4.10. The van der Waals surface area contributed by atoms with Gasteiger partial charge in [-0.1, -0.05) is 24.3 Å². The van der Waals surface area contributed by atoms with E-state index in [2.05, 4.69) is 5.32 Å². The Morgan fingerprint density at radius 1 is 1.21 bits per heavy atom. The number of rotatable bonds is 6. The molecule has 0 radical (unpaired) electrons. The van der Waals surface area contributed by atoms with Gasteiger partial charge in [-0.3, -0.25) is 14.2 Å². The van der Waals surface area contributed by atoms with Crippen molar-refractivity contribution in [1.82, 2.24) is 4.57 Å². The van der Waals surface area contributed by atoms with Crippen LogP contribution in [-0.2, 0) is 20.9 Å². The fourth-order valence-electron chi connectivity index (χ4n) is 2.66. The van der Waals surface area contributed by atoms with Crippen molar-refractivity contribution in [1.29, 1.82) is 5.26 Å². The lowest BCUT2D eigenvalue weighted by molar-refractivity contribution is -0.153. The van der Waals surface area contributed by atoms with E-state index >= 15 is 0 Å². The standard InChI is InChI=1S/C20H17N3O5/c1-13(19(25)22-15-7-3-2-6-14(15)12-21)27-18(24)10-11-23-16-8-4-5-9-17(16)28-20(23)26/h2-9,13H,10-11H2,1H3,(H,22,25)/t13-/m1/s1. The quantitative estimate of drug-likeness (QED) is 0.658. The van der Waals surface area contributed by atoms with Crippen molar-refractivity contribution in [3.8, 4) is 6.07 Å². The molecule has 3 rings (SSSR count). The van der Waals surface area contributed by atoms with Gasteiger partial charge in [-0.05, 0) is 31.2 Å². The van der Waals surface area contributed by atoms with E-state index in [1.54, 1.807) is 48.5 Å². The van der Waals surface area contributed by atoms with Crippen LogP contribution < -0.4 is 11.1 Å². The third-order valence-electron chi connectivity index (χ3n) is 4.10. The Balaban J connectivity index is 1.58. The van der Waals surface area contributed by atoms with Gasteiger partial charge in [-0.25, -0.2) is 4.79 Å². The first-order valence-electron chi connectivity index (χ1n) is 8.57. The number of para-hydroxylation sites is 3. The van der Waals surface area contributed by atoms with E-state index in [4.69, 9.17) is 14.4 Å². The van der Waals surface area contributed by atoms with E-state index in [1.807, 2.05) is 6.07 Å². The molecule has 0 spiro atoms. The number of amides is 1. The first-order chi connectivity index (χ1) is 13.5. The van der Waals surface area contributed by atoms with E-state index in [0.29, 0.717) is 22.4 Å². The number of oxazole rings is 1. The van der Waals surface area contributed by atoms with Crippen molar-refractivity contribution in [2.45, 2.75) is 26.0 Å². The summed E-state index contributed by atoms with van der Waals surface area (Å²) in [6.45, 7) is 1.50. The summed E-state index contributed by atoms with van der Waals surface area (Å²) in [4.78, 5) is 36.2. The number of esters is 1. The van der Waals surface area contributed by atoms with Gasteiger partial charge >= 0.3 is 11.7 Å². The Morgan fingerprint density at radius 2 is 1.93 bits per heavy atom. The maximum Gasteiger partial charge on any atom is 0.419 e. The van der Waals surface area contributed by atoms with Gasteiger partial charge in [0.25, 0.3) is 5.91 Å². The summed E-state index contributed by atoms with van der Waals surface area (Å²) in [7, 11) is 0. The van der Waals surface area contributed by atoms with Crippen LogP contribution in [0, 0.1) is 11.3 Å². The van der Waals surface area contributed by atoms with Crippen molar-refractivity contribution in [2.75, 3.05) is 5.32 Å². The maximum atomic E-state index is 12.2. The molecule has 1 N–H and O–H groups in total. The van der Waals surface area contributed by atoms with Crippen LogP contribution in [0.25, 0.3) is 11.1 Å². The predicted molar refractivity (Wildman–Crippen MR) is 100 cm³/mol. The van der Waals surface area contributed by atoms with Crippen LogP contribution >= 0.6 is 0 Å². The number of ether oxygens (including phenoxy) is 1. The van der Waals surface area contributed by atoms with Crippen LogP contribution in [0.3, 0.4) is 0 Å². The highest BCUT2D eigenvalue weighted by Crippen LogP contribution is 2.15. The van der Waals surface area contributed by atoms with Crippen molar-refractivity contribution in [2.24, 2.45) is 0 Å². The fourth-order valence-corrected chi connectivity index (χ4v) is 2.66. The zero-order valence-corrected chi connectivity index (χ0v) is 15.0. The molecular formula is C20H17N3O5. The second-order valence-corrected chi connectivity index (χ2v) is 6.02. The lowest BCUT2D eigenvalue weighted by Gasteiger charge is -2.14. The Labute approximate surface area is 159 Å². The zero-order chi connectivity index (χ0) is 20.1. The highest BCUT2D eigenvalue weighted by Gasteiger charge is 2.19. The van der Waals surface area contributed by atoms with Gasteiger partial charge < -0.3 is 14.5 Å². The molecule has 28 heavy (non-hydrogen) atoms. The van der Waals surface area contributed by atoms with Crippen LogP contribution in [0.1, 0.15) is 18.9 Å². The molecule has 0 saturated heterocycles. The molecule has 142 valence electrons. The van der Waals surface area contributed by atoms with E-state index in [0.717, 1.165) is 0 Å². The number of carbonyl (C=O) groups excluding carboxylic acids is 2. The summed E-state index contributed by atoms with van der Waals surface area (Å²) in [6, 6.07) is 15.4. The van der Waals surface area contributed by atoms with Gasteiger partial charge in [-0.15, -0.1) is 0 Å². The number of carbonyl (C=O) groups is 2. The topological polar surface area (TPSA) is 114 Å². The number of aromatic nitrogens is 1. The molecule has 0 fully saturated rings. The molecule has 0 aliphatic heterocycles. The molecule has 8 nitrogen and oxygen atoms in total. The van der Waals surface area contributed by atoms with Crippen molar-refractivity contribution >= 4 is 28.7 Å². The summed E-state index contributed by atoms with van der Waals surface area (Å²) in [5, 5.41) is 11.6. The average Bonchev–Trinajstić information content (AvgIpc) is 3.01. The second kappa shape index (κ2) is 8.22. The first kappa shape index (κ1) is 18.9. The highest BCUT2D eigenvalue weighted by molar-refractivity contribution is 5.96. The van der Waals surface area contributed by atoms with Crippen LogP contribution in [-0.4, -0.2) is 22.5 Å². The van der Waals surface area contributed by atoms with E-state index in [-0.39, 0.29) is 13.0 Å². The molecule has 0 saturated carbocycles. The number of nitrogens with one attached hydrogen (secondary N) is 1. The number of hydrogen-bond acceptors (Lipinski definition) is 6. The number of hydrogen-bond donors (Lipinski definition) is 1. The van der Waals surface area contributed by atoms with E-state index in [9.17, 15) is 14.4 Å². The molecule has 1 heterocycles. The van der Waals surface area contributed by atoms with Crippen LogP contribution in [0.2, 0.25) is 0 Å². The lowest BCUT2D eigenvalue weighted by Crippen LogP contribution is -2.30. The minimum absolute atomic E-state index is 0.0697. The molecule has 0 unspecified atom stereocenters. The van der Waals surface area contributed by atoms with Crippen molar-refractivity contribution < 1.29 is 18.7 Å². The molecule has 0 bridgehead atoms. The van der Waals surface area contributed by atoms with Gasteiger partial charge in [0.15, 0.2) is 11.7 Å². The fraction of sp³-hybridized carbons (Fsp3) is 0.200. The minimum Gasteiger partial charge on any atom is -0.452 e. The number of aryl methyl sites for hydroxylation is 1. The SMILES string of the molecule is C[C@@H](OC(=O)CCn1c(=O)oc2ccccc21)C(=O)Nc1ccccc1C#N. The van der Waals surface area contributed by atoms with Crippen LogP contribution in [0.4, 0.5) is 5.69 Å². The number of anilines is 1. The van der Waals surface area contributed by atoms with Crippen LogP contribution in [0.5, 0.6) is 0 Å². The largest absolute Gasteiger partial charge is 0.452 e. The normalized spacial score (nSPS) is 11.6. The first-order valence-corrected chi connectivity index (χ1v) is 8.57. The van der Waals surface area contributed by atoms with Crippen molar-refractivity contribution in [3.05, 3.63) is 64.6 Å². The summed E-state index contributed by atoms with van der Waals surface area (Å²) in [6.07, 6.45) is -1.16. The maximum absolute atomic E-state index is 12.2. The van der Waals surface area contributed by atoms with Crippen molar-refractivity contribution in [3.63, 3.8) is 0 Å². The summed E-state index contributed by atoms with van der Waals surface area (Å²) in [5.74, 6) is -1.75. The molecule has 1 amide bonds. The number of benzene rings is 2. The highest BCUT2D eigenvalue weighted by atomic mass is 16.5. The molecule has 8 heteroatoms. The molecule has 1 aromatic heterocycles. The number of nitriles is 1. The average molecular weight is 379 g/mol. The van der Waals surface area contributed by atoms with Crippen LogP contribution in [0.15, 0.2) is 57.7 Å². The molecule has 0 aliphatic rings. The molecule has 0 aliphatic carbocycles. The van der Waals surface area contributed by atoms with Gasteiger partial charge in [0.1, 0.15) is 6.07 Å². The van der Waals surface area contributed by atoms with Gasteiger partial charge in [0, 0.05) is 6.54 Å². The Kier molecular flexibility index (Phi) is 5.56. The smallest absolute Gasteiger partial charge is 0.419 e. The Morgan fingerprint density at radius 3 is 2.71 bits per heavy atom. The van der Waals surface area contributed by atoms with Gasteiger partial charge in [0.2, 0.25) is 0 Å². The third kappa shape index (κ3) is 4.10. The summed E-state index contributed by atoms with van der Waals surface area (Å²) < 4.78 is 11.6. The van der Waals surface area contributed by atoms with Gasteiger partial charge in [-0.2, -0.15) is 5.26 Å². The van der Waals surface area contributed by atoms with E-state index < -0.39 is 23.7 Å². The number of nitrogens with zero attached hydrogens (tertiary/aromatic N) is 2. The molecule has 2 aromatic carbocycles. The monoisotopic (exact) mass is 379 g/mol. The lowest BCUT2D eigenvalue weighted by atomic mass is 10.2. The Bertz CT molecular complexity index is 1120. The van der Waals surface area contributed by atoms with Gasteiger partial charge in [0.05, 0.1) is 23.2 Å². The zero-order valence-electron chi connectivity index (χ0n) is 15.0. The molecule has 3 aromatic rings. The van der Waals surface area contributed by atoms with E-state index in [1.165, 1.54) is 11.5 Å². The second-order valence-electron chi connectivity index (χ2n) is 6.02.